The zero-order chi connectivity index (χ0) is 16.1. The molecule has 0 N–H and O–H groups in total. The van der Waals surface area contributed by atoms with Gasteiger partial charge in [0.1, 0.15) is 0 Å². The van der Waals surface area contributed by atoms with Crippen molar-refractivity contribution in [2.75, 3.05) is 45.4 Å². The van der Waals surface area contributed by atoms with Crippen LogP contribution in [0.25, 0.3) is 11.0 Å². The highest BCUT2D eigenvalue weighted by molar-refractivity contribution is 5.74. The lowest BCUT2D eigenvalue weighted by Crippen LogP contribution is -2.32. The van der Waals surface area contributed by atoms with Gasteiger partial charge in [0.25, 0.3) is 0 Å². The van der Waals surface area contributed by atoms with Gasteiger partial charge >= 0.3 is 0 Å². The molecule has 23 heavy (non-hydrogen) atoms. The normalized spacial score (nSPS) is 15.6. The molecule has 2 heterocycles. The van der Waals surface area contributed by atoms with Crippen molar-refractivity contribution in [2.45, 2.75) is 31.7 Å². The zero-order valence-corrected chi connectivity index (χ0v) is 13.9. The van der Waals surface area contributed by atoms with Crippen molar-refractivity contribution in [3.63, 3.8) is 0 Å². The van der Waals surface area contributed by atoms with Gasteiger partial charge in [0, 0.05) is 39.7 Å². The van der Waals surface area contributed by atoms with Crippen LogP contribution in [0.2, 0.25) is 0 Å². The first-order chi connectivity index (χ1) is 11.3. The van der Waals surface area contributed by atoms with E-state index in [1.807, 2.05) is 6.20 Å². The van der Waals surface area contributed by atoms with Crippen molar-refractivity contribution in [3.05, 3.63) is 12.4 Å². The molecular weight excluding hydrogens is 294 g/mol. The second-order valence-corrected chi connectivity index (χ2v) is 5.97. The van der Waals surface area contributed by atoms with Crippen molar-refractivity contribution < 1.29 is 9.47 Å². The van der Waals surface area contributed by atoms with E-state index in [4.69, 9.17) is 9.47 Å². The molecule has 1 fully saturated rings. The number of rotatable bonds is 8. The van der Waals surface area contributed by atoms with Crippen LogP contribution in [0, 0.1) is 0 Å². The van der Waals surface area contributed by atoms with Crippen LogP contribution in [0.4, 0.5) is 5.95 Å². The van der Waals surface area contributed by atoms with Crippen LogP contribution in [-0.4, -0.2) is 60.3 Å². The van der Waals surface area contributed by atoms with Crippen molar-refractivity contribution in [1.29, 1.82) is 0 Å². The lowest BCUT2D eigenvalue weighted by Gasteiger charge is -2.21. The Morgan fingerprint density at radius 2 is 1.87 bits per heavy atom. The van der Waals surface area contributed by atoms with E-state index in [9.17, 15) is 0 Å². The smallest absolute Gasteiger partial charge is 0.227 e. The molecule has 1 aliphatic carbocycles. The fourth-order valence-electron chi connectivity index (χ4n) is 3.05. The summed E-state index contributed by atoms with van der Waals surface area (Å²) >= 11 is 0. The summed E-state index contributed by atoms with van der Waals surface area (Å²) in [4.78, 5) is 11.2. The topological polar surface area (TPSA) is 65.3 Å². The molecule has 2 aromatic rings. The van der Waals surface area contributed by atoms with E-state index < -0.39 is 0 Å². The maximum absolute atomic E-state index is 5.18. The van der Waals surface area contributed by atoms with E-state index in [1.165, 1.54) is 25.7 Å². The molecule has 0 saturated heterocycles. The molecule has 0 aromatic carbocycles. The quantitative estimate of drug-likeness (QED) is 0.742. The van der Waals surface area contributed by atoms with Crippen molar-refractivity contribution in [2.24, 2.45) is 0 Å². The number of anilines is 1. The third-order valence-electron chi connectivity index (χ3n) is 4.38. The maximum Gasteiger partial charge on any atom is 0.227 e. The average Bonchev–Trinajstić information content (AvgIpc) is 3.23. The van der Waals surface area contributed by atoms with Gasteiger partial charge in [0.2, 0.25) is 5.95 Å². The first kappa shape index (κ1) is 16.1. The first-order valence-corrected chi connectivity index (χ1v) is 8.26. The van der Waals surface area contributed by atoms with Gasteiger partial charge in [0.15, 0.2) is 5.65 Å². The fourth-order valence-corrected chi connectivity index (χ4v) is 3.05. The highest BCUT2D eigenvalue weighted by Crippen LogP contribution is 2.29. The Balaban J connectivity index is 1.81. The van der Waals surface area contributed by atoms with Gasteiger partial charge in [0.05, 0.1) is 24.6 Å². The number of hydrogen-bond donors (Lipinski definition) is 0. The Morgan fingerprint density at radius 3 is 2.52 bits per heavy atom. The van der Waals surface area contributed by atoms with E-state index in [0.29, 0.717) is 25.2 Å². The van der Waals surface area contributed by atoms with Crippen molar-refractivity contribution in [3.8, 4) is 0 Å². The summed E-state index contributed by atoms with van der Waals surface area (Å²) in [7, 11) is 3.39. The summed E-state index contributed by atoms with van der Waals surface area (Å²) in [5.41, 5.74) is 0.765. The second-order valence-electron chi connectivity index (χ2n) is 5.97. The minimum absolute atomic E-state index is 0.519. The van der Waals surface area contributed by atoms with E-state index in [1.54, 1.807) is 14.2 Å². The number of hydrogen-bond acceptors (Lipinski definition) is 6. The van der Waals surface area contributed by atoms with Crippen LogP contribution < -0.4 is 4.90 Å². The molecule has 7 heteroatoms. The van der Waals surface area contributed by atoms with Crippen LogP contribution in [0.5, 0.6) is 0 Å². The molecule has 0 aliphatic heterocycles. The lowest BCUT2D eigenvalue weighted by molar-refractivity contribution is 0.189. The molecule has 0 unspecified atom stereocenters. The predicted octanol–water partition coefficient (Wildman–Crippen LogP) is 2.04. The molecule has 2 aromatic heterocycles. The van der Waals surface area contributed by atoms with Crippen molar-refractivity contribution >= 4 is 17.0 Å². The summed E-state index contributed by atoms with van der Waals surface area (Å²) < 4.78 is 12.4. The van der Waals surface area contributed by atoms with Gasteiger partial charge in [-0.3, -0.25) is 4.68 Å². The summed E-state index contributed by atoms with van der Waals surface area (Å²) in [6.45, 7) is 2.71. The molecule has 3 rings (SSSR count). The van der Waals surface area contributed by atoms with Gasteiger partial charge < -0.3 is 14.4 Å². The van der Waals surface area contributed by atoms with Crippen LogP contribution in [0.3, 0.4) is 0 Å². The fraction of sp³-hybridized carbons (Fsp3) is 0.688. The summed E-state index contributed by atoms with van der Waals surface area (Å²) in [5.74, 6) is 0.684. The highest BCUT2D eigenvalue weighted by Gasteiger charge is 2.19. The lowest BCUT2D eigenvalue weighted by atomic mass is 10.3. The van der Waals surface area contributed by atoms with Gasteiger partial charge in [-0.05, 0) is 12.8 Å². The average molecular weight is 319 g/mol. The highest BCUT2D eigenvalue weighted by atomic mass is 16.5. The Morgan fingerprint density at radius 1 is 1.17 bits per heavy atom. The molecule has 0 radical (unpaired) electrons. The molecule has 1 saturated carbocycles. The molecular formula is C16H25N5O2. The Labute approximate surface area is 136 Å². The molecule has 0 amide bonds. The van der Waals surface area contributed by atoms with E-state index in [2.05, 4.69) is 30.8 Å². The van der Waals surface area contributed by atoms with Gasteiger partial charge in [-0.15, -0.1) is 0 Å². The number of methoxy groups -OCH3 is 2. The monoisotopic (exact) mass is 319 g/mol. The van der Waals surface area contributed by atoms with E-state index >= 15 is 0 Å². The number of nitrogens with zero attached hydrogens (tertiary/aromatic N) is 5. The van der Waals surface area contributed by atoms with Crippen LogP contribution >= 0.6 is 0 Å². The molecule has 0 bridgehead atoms. The standard InChI is InChI=1S/C16H25N5O2/c1-22-9-7-20(8-10-23-2)16-17-11-13-12-21(19-15(13)18-16)14-5-3-4-6-14/h11-12,14H,3-10H2,1-2H3. The predicted molar refractivity (Wildman–Crippen MR) is 88.8 cm³/mol. The third-order valence-corrected chi connectivity index (χ3v) is 4.38. The minimum atomic E-state index is 0.519. The van der Waals surface area contributed by atoms with Gasteiger partial charge in [-0.1, -0.05) is 12.8 Å². The Kier molecular flexibility index (Phi) is 5.40. The zero-order valence-electron chi connectivity index (χ0n) is 13.9. The van der Waals surface area contributed by atoms with E-state index in [-0.39, 0.29) is 0 Å². The molecule has 0 spiro atoms. The summed E-state index contributed by atoms with van der Waals surface area (Å²) in [6.07, 6.45) is 8.94. The largest absolute Gasteiger partial charge is 0.383 e. The van der Waals surface area contributed by atoms with Crippen molar-refractivity contribution in [1.82, 2.24) is 19.7 Å². The van der Waals surface area contributed by atoms with Gasteiger partial charge in [-0.2, -0.15) is 10.1 Å². The van der Waals surface area contributed by atoms with Crippen LogP contribution in [0.1, 0.15) is 31.7 Å². The Hall–Kier alpha value is -1.73. The molecule has 126 valence electrons. The maximum atomic E-state index is 5.18. The SMILES string of the molecule is COCCN(CCOC)c1ncc2cn(C3CCCC3)nc2n1. The number of ether oxygens (including phenoxy) is 2. The number of fused-ring (bicyclic) bond motifs is 1. The summed E-state index contributed by atoms with van der Waals surface area (Å²) in [6, 6.07) is 0.519. The molecule has 0 atom stereocenters. The first-order valence-electron chi connectivity index (χ1n) is 8.26. The second kappa shape index (κ2) is 7.70. The number of aromatic nitrogens is 4. The molecule has 1 aliphatic rings. The Bertz CT molecular complexity index is 616. The molecule has 7 nitrogen and oxygen atoms in total. The summed E-state index contributed by atoms with van der Waals surface area (Å²) in [5, 5.41) is 5.67. The van der Waals surface area contributed by atoms with Gasteiger partial charge in [-0.25, -0.2) is 4.98 Å². The van der Waals surface area contributed by atoms with E-state index in [0.717, 1.165) is 24.1 Å². The van der Waals surface area contributed by atoms with Crippen LogP contribution in [-0.2, 0) is 9.47 Å². The minimum Gasteiger partial charge on any atom is -0.383 e. The van der Waals surface area contributed by atoms with Crippen LogP contribution in [0.15, 0.2) is 12.4 Å². The third kappa shape index (κ3) is 3.79.